The van der Waals surface area contributed by atoms with Crippen molar-refractivity contribution in [2.24, 2.45) is 0 Å². The van der Waals surface area contributed by atoms with Crippen molar-refractivity contribution < 1.29 is 9.21 Å². The maximum Gasteiger partial charge on any atom is 0.234 e. The van der Waals surface area contributed by atoms with Gasteiger partial charge in [-0.25, -0.2) is 0 Å². The molecule has 4 rings (SSSR count). The normalized spacial score (nSPS) is 11.2. The molecule has 9 heteroatoms. The second-order valence-electron chi connectivity index (χ2n) is 6.64. The van der Waals surface area contributed by atoms with Crippen LogP contribution in [0, 0.1) is 6.92 Å². The molecule has 0 unspecified atom stereocenters. The van der Waals surface area contributed by atoms with Gasteiger partial charge in [-0.1, -0.05) is 39.3 Å². The number of thioether (sulfide) groups is 1. The molecule has 0 fully saturated rings. The van der Waals surface area contributed by atoms with Gasteiger partial charge in [0.25, 0.3) is 0 Å². The smallest absolute Gasteiger partial charge is 0.234 e. The Labute approximate surface area is 191 Å². The fourth-order valence-corrected chi connectivity index (χ4v) is 4.27. The summed E-state index contributed by atoms with van der Waals surface area (Å²) < 4.78 is 8.85. The average molecular weight is 506 g/mol. The van der Waals surface area contributed by atoms with Gasteiger partial charge >= 0.3 is 0 Å². The van der Waals surface area contributed by atoms with E-state index in [4.69, 9.17) is 16.0 Å². The van der Waals surface area contributed by atoms with E-state index in [1.54, 1.807) is 6.07 Å². The third-order valence-corrected chi connectivity index (χ3v) is 6.60. The summed E-state index contributed by atoms with van der Waals surface area (Å²) in [6.45, 7) is 4.63. The number of carbonyl (C=O) groups is 1. The Hall–Kier alpha value is -2.29. The van der Waals surface area contributed by atoms with E-state index in [1.807, 2.05) is 54.8 Å². The topological polar surface area (TPSA) is 73.0 Å². The van der Waals surface area contributed by atoms with Crippen molar-refractivity contribution in [3.05, 3.63) is 57.5 Å². The minimum Gasteiger partial charge on any atom is -0.453 e. The fraction of sp³-hybridized carbons (Fsp3) is 0.190. The molecule has 2 heterocycles. The fourth-order valence-electron chi connectivity index (χ4n) is 3.04. The van der Waals surface area contributed by atoms with E-state index in [1.165, 1.54) is 11.8 Å². The van der Waals surface area contributed by atoms with E-state index in [0.29, 0.717) is 28.3 Å². The standard InChI is InChI=1S/C21H18BrClN4O2S/c1-3-27-20(18-10-13-9-14(23)4-7-17(13)29-18)25-26-21(27)30-11-19(28)24-15-5-6-16(22)12(2)8-15/h4-10H,3,11H2,1-2H3,(H,24,28). The Kier molecular flexibility index (Phi) is 6.17. The van der Waals surface area contributed by atoms with Crippen molar-refractivity contribution in [2.45, 2.75) is 25.5 Å². The molecule has 2 aromatic carbocycles. The predicted octanol–water partition coefficient (Wildman–Crippen LogP) is 6.17. The van der Waals surface area contributed by atoms with Gasteiger partial charge in [-0.15, -0.1) is 10.2 Å². The Morgan fingerprint density at radius 3 is 2.83 bits per heavy atom. The third-order valence-electron chi connectivity index (χ3n) is 4.51. The van der Waals surface area contributed by atoms with Crippen LogP contribution in [0.25, 0.3) is 22.6 Å². The SMILES string of the molecule is CCn1c(SCC(=O)Nc2ccc(Br)c(C)c2)nnc1-c1cc2cc(Cl)ccc2o1. The van der Waals surface area contributed by atoms with Crippen LogP contribution in [0.5, 0.6) is 0 Å². The molecule has 0 aliphatic rings. The van der Waals surface area contributed by atoms with Crippen LogP contribution in [0.1, 0.15) is 12.5 Å². The lowest BCUT2D eigenvalue weighted by Gasteiger charge is -2.08. The van der Waals surface area contributed by atoms with Crippen LogP contribution >= 0.6 is 39.3 Å². The van der Waals surface area contributed by atoms with E-state index in [-0.39, 0.29) is 11.7 Å². The Morgan fingerprint density at radius 1 is 1.23 bits per heavy atom. The first-order valence-electron chi connectivity index (χ1n) is 9.26. The highest BCUT2D eigenvalue weighted by atomic mass is 79.9. The summed E-state index contributed by atoms with van der Waals surface area (Å²) in [6, 6.07) is 13.1. The number of rotatable bonds is 6. The van der Waals surface area contributed by atoms with Gasteiger partial charge in [0.15, 0.2) is 10.9 Å². The average Bonchev–Trinajstić information content (AvgIpc) is 3.32. The molecule has 0 bridgehead atoms. The quantitative estimate of drug-likeness (QED) is 0.317. The lowest BCUT2D eigenvalue weighted by Crippen LogP contribution is -2.14. The van der Waals surface area contributed by atoms with Gasteiger partial charge in [0.2, 0.25) is 11.7 Å². The highest BCUT2D eigenvalue weighted by Gasteiger charge is 2.18. The highest BCUT2D eigenvalue weighted by molar-refractivity contribution is 9.10. The number of carbonyl (C=O) groups excluding carboxylic acids is 1. The van der Waals surface area contributed by atoms with Crippen LogP contribution in [0.4, 0.5) is 5.69 Å². The van der Waals surface area contributed by atoms with Crippen molar-refractivity contribution in [3.8, 4) is 11.6 Å². The number of halogens is 2. The van der Waals surface area contributed by atoms with E-state index in [2.05, 4.69) is 31.4 Å². The number of aryl methyl sites for hydroxylation is 1. The Balaban J connectivity index is 1.49. The molecule has 0 radical (unpaired) electrons. The monoisotopic (exact) mass is 504 g/mol. The van der Waals surface area contributed by atoms with Crippen molar-refractivity contribution in [2.75, 3.05) is 11.1 Å². The first kappa shape index (κ1) is 21.0. The second-order valence-corrected chi connectivity index (χ2v) is 8.88. The number of furan rings is 1. The second kappa shape index (κ2) is 8.83. The van der Waals surface area contributed by atoms with Gasteiger partial charge in [-0.3, -0.25) is 9.36 Å². The number of benzene rings is 2. The zero-order valence-electron chi connectivity index (χ0n) is 16.3. The number of nitrogens with one attached hydrogen (secondary N) is 1. The van der Waals surface area contributed by atoms with E-state index < -0.39 is 0 Å². The largest absolute Gasteiger partial charge is 0.453 e. The van der Waals surface area contributed by atoms with Crippen molar-refractivity contribution in [1.29, 1.82) is 0 Å². The van der Waals surface area contributed by atoms with Gasteiger partial charge in [0.05, 0.1) is 5.75 Å². The highest BCUT2D eigenvalue weighted by Crippen LogP contribution is 2.30. The maximum atomic E-state index is 12.4. The first-order valence-corrected chi connectivity index (χ1v) is 11.4. The summed E-state index contributed by atoms with van der Waals surface area (Å²) >= 11 is 10.9. The molecule has 4 aromatic rings. The van der Waals surface area contributed by atoms with Gasteiger partial charge in [0, 0.05) is 27.1 Å². The van der Waals surface area contributed by atoms with Crippen LogP contribution < -0.4 is 5.32 Å². The molecule has 1 amide bonds. The van der Waals surface area contributed by atoms with Crippen molar-refractivity contribution >= 4 is 61.9 Å². The summed E-state index contributed by atoms with van der Waals surface area (Å²) in [7, 11) is 0. The predicted molar refractivity (Wildman–Crippen MR) is 124 cm³/mol. The van der Waals surface area contributed by atoms with Gasteiger partial charge in [-0.05, 0) is 61.9 Å². The molecule has 2 aromatic heterocycles. The van der Waals surface area contributed by atoms with E-state index in [9.17, 15) is 4.79 Å². The maximum absolute atomic E-state index is 12.4. The molecule has 0 spiro atoms. The number of nitrogens with zero attached hydrogens (tertiary/aromatic N) is 3. The minimum absolute atomic E-state index is 0.104. The summed E-state index contributed by atoms with van der Waals surface area (Å²) in [6.07, 6.45) is 0. The Bertz CT molecular complexity index is 1240. The summed E-state index contributed by atoms with van der Waals surface area (Å²) in [5.41, 5.74) is 2.56. The first-order chi connectivity index (χ1) is 14.4. The zero-order chi connectivity index (χ0) is 21.3. The zero-order valence-corrected chi connectivity index (χ0v) is 19.4. The molecule has 0 aliphatic heterocycles. The number of aromatic nitrogens is 3. The van der Waals surface area contributed by atoms with Gasteiger partial charge < -0.3 is 9.73 Å². The molecule has 1 N–H and O–H groups in total. The summed E-state index contributed by atoms with van der Waals surface area (Å²) in [4.78, 5) is 12.4. The van der Waals surface area contributed by atoms with Crippen molar-refractivity contribution in [3.63, 3.8) is 0 Å². The van der Waals surface area contributed by atoms with Crippen LogP contribution in [-0.4, -0.2) is 26.4 Å². The number of amides is 1. The number of hydrogen-bond donors (Lipinski definition) is 1. The number of hydrogen-bond acceptors (Lipinski definition) is 5. The molecule has 6 nitrogen and oxygen atoms in total. The van der Waals surface area contributed by atoms with E-state index >= 15 is 0 Å². The molecular weight excluding hydrogens is 488 g/mol. The van der Waals surface area contributed by atoms with Crippen molar-refractivity contribution in [1.82, 2.24) is 14.8 Å². The summed E-state index contributed by atoms with van der Waals surface area (Å²) in [5, 5.41) is 13.7. The van der Waals surface area contributed by atoms with E-state index in [0.717, 1.165) is 26.7 Å². The summed E-state index contributed by atoms with van der Waals surface area (Å²) in [5.74, 6) is 1.36. The van der Waals surface area contributed by atoms with Gasteiger partial charge in [-0.2, -0.15) is 0 Å². The van der Waals surface area contributed by atoms with Crippen LogP contribution in [0.2, 0.25) is 5.02 Å². The lowest BCUT2D eigenvalue weighted by molar-refractivity contribution is -0.113. The number of fused-ring (bicyclic) bond motifs is 1. The molecule has 0 saturated heterocycles. The molecule has 0 aliphatic carbocycles. The molecule has 0 saturated carbocycles. The minimum atomic E-state index is -0.104. The van der Waals surface area contributed by atoms with Crippen LogP contribution in [0.3, 0.4) is 0 Å². The Morgan fingerprint density at radius 2 is 2.07 bits per heavy atom. The van der Waals surface area contributed by atoms with Gasteiger partial charge in [0.1, 0.15) is 5.58 Å². The third kappa shape index (κ3) is 4.40. The number of anilines is 1. The molecule has 0 atom stereocenters. The van der Waals surface area contributed by atoms with Crippen LogP contribution in [0.15, 0.2) is 56.5 Å². The molecule has 30 heavy (non-hydrogen) atoms. The molecule has 154 valence electrons. The van der Waals surface area contributed by atoms with Crippen LogP contribution in [-0.2, 0) is 11.3 Å². The molecular formula is C21H18BrClN4O2S. The lowest BCUT2D eigenvalue weighted by atomic mass is 10.2.